The number of aromatic nitrogens is 2. The Bertz CT molecular complexity index is 978. The molecule has 3 aromatic rings. The number of halogens is 1. The first-order chi connectivity index (χ1) is 15.7. The number of ether oxygens (including phenoxy) is 2. The Balaban J connectivity index is 0.00000385. The Kier molecular flexibility index (Phi) is 11.6. The number of methoxy groups -OCH3 is 1. The molecule has 1 unspecified atom stereocenters. The van der Waals surface area contributed by atoms with E-state index in [2.05, 4.69) is 55.5 Å². The van der Waals surface area contributed by atoms with Gasteiger partial charge < -0.3 is 24.7 Å². The van der Waals surface area contributed by atoms with Crippen LogP contribution in [-0.2, 0) is 19.5 Å². The zero-order valence-electron chi connectivity index (χ0n) is 19.5. The van der Waals surface area contributed by atoms with Crippen molar-refractivity contribution in [1.82, 2.24) is 20.2 Å². The van der Waals surface area contributed by atoms with Crippen molar-refractivity contribution in [2.24, 2.45) is 4.99 Å². The lowest BCUT2D eigenvalue weighted by Gasteiger charge is -2.18. The molecule has 0 radical (unpaired) electrons. The number of guanidine groups is 1. The number of imidazole rings is 1. The molecule has 178 valence electrons. The number of aliphatic imine (C=N–C) groups is 1. The quantitative estimate of drug-likeness (QED) is 0.207. The predicted molar refractivity (Wildman–Crippen MR) is 144 cm³/mol. The fraction of sp³-hybridized carbons (Fsp3) is 0.360. The molecule has 1 atom stereocenters. The first-order valence-corrected chi connectivity index (χ1v) is 11.0. The van der Waals surface area contributed by atoms with Gasteiger partial charge >= 0.3 is 0 Å². The van der Waals surface area contributed by atoms with Crippen LogP contribution in [0, 0.1) is 0 Å². The van der Waals surface area contributed by atoms with Gasteiger partial charge in [0.25, 0.3) is 0 Å². The van der Waals surface area contributed by atoms with Crippen molar-refractivity contribution < 1.29 is 9.47 Å². The SMILES string of the molecule is CN=C(NCc1nccn1CCCc1ccccc1)NCC(C)Oc1cccc(OC)c1.I. The van der Waals surface area contributed by atoms with E-state index in [0.29, 0.717) is 19.0 Å². The monoisotopic (exact) mass is 563 g/mol. The molecule has 1 aromatic heterocycles. The van der Waals surface area contributed by atoms with E-state index in [4.69, 9.17) is 9.47 Å². The largest absolute Gasteiger partial charge is 0.497 e. The Hall–Kier alpha value is -2.75. The lowest BCUT2D eigenvalue weighted by atomic mass is 10.1. The van der Waals surface area contributed by atoms with Crippen LogP contribution in [0.2, 0.25) is 0 Å². The lowest BCUT2D eigenvalue weighted by Crippen LogP contribution is -2.41. The topological polar surface area (TPSA) is 72.7 Å². The van der Waals surface area contributed by atoms with Crippen LogP contribution >= 0.6 is 24.0 Å². The fourth-order valence-electron chi connectivity index (χ4n) is 3.38. The van der Waals surface area contributed by atoms with Gasteiger partial charge in [0.15, 0.2) is 5.96 Å². The highest BCUT2D eigenvalue weighted by Crippen LogP contribution is 2.19. The normalized spacial score (nSPS) is 11.9. The Morgan fingerprint density at radius 1 is 1.09 bits per heavy atom. The van der Waals surface area contributed by atoms with E-state index in [1.807, 2.05) is 43.6 Å². The molecule has 7 nitrogen and oxygen atoms in total. The minimum atomic E-state index is -0.0411. The van der Waals surface area contributed by atoms with E-state index in [1.165, 1.54) is 5.56 Å². The Morgan fingerprint density at radius 2 is 1.88 bits per heavy atom. The molecule has 0 aliphatic heterocycles. The van der Waals surface area contributed by atoms with Gasteiger partial charge in [-0.15, -0.1) is 24.0 Å². The van der Waals surface area contributed by atoms with Gasteiger partial charge in [-0.1, -0.05) is 36.4 Å². The second kappa shape index (κ2) is 14.4. The minimum absolute atomic E-state index is 0. The number of nitrogens with one attached hydrogen (secondary N) is 2. The van der Waals surface area contributed by atoms with Crippen LogP contribution < -0.4 is 20.1 Å². The number of hydrogen-bond acceptors (Lipinski definition) is 4. The molecule has 0 amide bonds. The number of hydrogen-bond donors (Lipinski definition) is 2. The van der Waals surface area contributed by atoms with Crippen molar-refractivity contribution in [3.63, 3.8) is 0 Å². The van der Waals surface area contributed by atoms with Crippen LogP contribution in [0.25, 0.3) is 0 Å². The Morgan fingerprint density at radius 3 is 2.64 bits per heavy atom. The van der Waals surface area contributed by atoms with Crippen molar-refractivity contribution >= 4 is 29.9 Å². The molecule has 2 N–H and O–H groups in total. The molecule has 0 fully saturated rings. The second-order valence-electron chi connectivity index (χ2n) is 7.54. The van der Waals surface area contributed by atoms with E-state index in [-0.39, 0.29) is 30.1 Å². The van der Waals surface area contributed by atoms with Crippen molar-refractivity contribution in [2.75, 3.05) is 20.7 Å². The van der Waals surface area contributed by atoms with Crippen LogP contribution in [-0.4, -0.2) is 42.3 Å². The maximum absolute atomic E-state index is 5.96. The standard InChI is InChI=1S/C25H33N5O2.HI/c1-20(32-23-13-7-12-22(17-23)31-3)18-28-25(26-2)29-19-24-27-14-16-30(24)15-8-11-21-9-5-4-6-10-21;/h4-7,9-10,12-14,16-17,20H,8,11,15,18-19H2,1-3H3,(H2,26,28,29);1H. The maximum Gasteiger partial charge on any atom is 0.191 e. The van der Waals surface area contributed by atoms with Crippen LogP contribution in [0.15, 0.2) is 72.0 Å². The van der Waals surface area contributed by atoms with E-state index >= 15 is 0 Å². The summed E-state index contributed by atoms with van der Waals surface area (Å²) in [6.45, 7) is 4.16. The molecule has 2 aromatic carbocycles. The Labute approximate surface area is 213 Å². The summed E-state index contributed by atoms with van der Waals surface area (Å²) in [7, 11) is 3.41. The van der Waals surface area contributed by atoms with E-state index < -0.39 is 0 Å². The molecule has 1 heterocycles. The molecule has 0 aliphatic carbocycles. The summed E-state index contributed by atoms with van der Waals surface area (Å²) in [5, 5.41) is 6.65. The maximum atomic E-state index is 5.96. The van der Waals surface area contributed by atoms with Crippen molar-refractivity contribution in [2.45, 2.75) is 39.0 Å². The summed E-state index contributed by atoms with van der Waals surface area (Å²) >= 11 is 0. The van der Waals surface area contributed by atoms with Gasteiger partial charge in [-0.3, -0.25) is 4.99 Å². The van der Waals surface area contributed by atoms with Crippen molar-refractivity contribution in [1.29, 1.82) is 0 Å². The van der Waals surface area contributed by atoms with Gasteiger partial charge in [0.2, 0.25) is 0 Å². The molecular weight excluding hydrogens is 529 g/mol. The highest BCUT2D eigenvalue weighted by molar-refractivity contribution is 14.0. The minimum Gasteiger partial charge on any atom is -0.497 e. The average Bonchev–Trinajstić information content (AvgIpc) is 3.27. The molecule has 33 heavy (non-hydrogen) atoms. The van der Waals surface area contributed by atoms with E-state index in [1.54, 1.807) is 14.2 Å². The summed E-state index contributed by atoms with van der Waals surface area (Å²) in [4.78, 5) is 8.80. The lowest BCUT2D eigenvalue weighted by molar-refractivity contribution is 0.223. The summed E-state index contributed by atoms with van der Waals surface area (Å²) in [6, 6.07) is 18.2. The highest BCUT2D eigenvalue weighted by atomic mass is 127. The molecule has 3 rings (SSSR count). The van der Waals surface area contributed by atoms with E-state index in [9.17, 15) is 0 Å². The van der Waals surface area contributed by atoms with Crippen LogP contribution in [0.1, 0.15) is 24.7 Å². The summed E-state index contributed by atoms with van der Waals surface area (Å²) in [5.74, 6) is 3.25. The number of nitrogens with zero attached hydrogens (tertiary/aromatic N) is 3. The van der Waals surface area contributed by atoms with Crippen LogP contribution in [0.5, 0.6) is 11.5 Å². The van der Waals surface area contributed by atoms with Crippen LogP contribution in [0.3, 0.4) is 0 Å². The van der Waals surface area contributed by atoms with Crippen molar-refractivity contribution in [3.05, 3.63) is 78.4 Å². The van der Waals surface area contributed by atoms with E-state index in [0.717, 1.165) is 36.7 Å². The molecule has 0 bridgehead atoms. The molecule has 8 heteroatoms. The molecule has 0 saturated carbocycles. The van der Waals surface area contributed by atoms with Crippen LogP contribution in [0.4, 0.5) is 0 Å². The average molecular weight is 563 g/mol. The molecular formula is C25H34IN5O2. The van der Waals surface area contributed by atoms with Gasteiger partial charge in [-0.25, -0.2) is 4.98 Å². The molecule has 0 aliphatic rings. The van der Waals surface area contributed by atoms with Gasteiger partial charge in [-0.05, 0) is 37.5 Å². The predicted octanol–water partition coefficient (Wildman–Crippen LogP) is 4.28. The zero-order chi connectivity index (χ0) is 22.6. The molecule has 0 saturated heterocycles. The number of rotatable bonds is 11. The van der Waals surface area contributed by atoms with Gasteiger partial charge in [0, 0.05) is 32.1 Å². The second-order valence-corrected chi connectivity index (χ2v) is 7.54. The first-order valence-electron chi connectivity index (χ1n) is 11.0. The van der Waals surface area contributed by atoms with Crippen molar-refractivity contribution in [3.8, 4) is 11.5 Å². The summed E-state index contributed by atoms with van der Waals surface area (Å²) in [5.41, 5.74) is 1.36. The summed E-state index contributed by atoms with van der Waals surface area (Å²) < 4.78 is 13.4. The third-order valence-electron chi connectivity index (χ3n) is 5.08. The summed E-state index contributed by atoms with van der Waals surface area (Å²) in [6.07, 6.45) is 5.96. The fourth-order valence-corrected chi connectivity index (χ4v) is 3.38. The van der Waals surface area contributed by atoms with Gasteiger partial charge in [-0.2, -0.15) is 0 Å². The van der Waals surface area contributed by atoms with Gasteiger partial charge in [0.05, 0.1) is 20.2 Å². The number of benzene rings is 2. The third kappa shape index (κ3) is 8.95. The van der Waals surface area contributed by atoms with Gasteiger partial charge in [0.1, 0.15) is 23.4 Å². The smallest absolute Gasteiger partial charge is 0.191 e. The zero-order valence-corrected chi connectivity index (χ0v) is 21.9. The third-order valence-corrected chi connectivity index (χ3v) is 5.08. The first kappa shape index (κ1) is 26.5. The number of aryl methyl sites for hydroxylation is 2. The highest BCUT2D eigenvalue weighted by Gasteiger charge is 2.08. The molecule has 0 spiro atoms.